The van der Waals surface area contributed by atoms with E-state index in [2.05, 4.69) is 5.32 Å². The quantitative estimate of drug-likeness (QED) is 0.387. The van der Waals surface area contributed by atoms with Crippen LogP contribution < -0.4 is 5.32 Å². The predicted molar refractivity (Wildman–Crippen MR) is 54.4 cm³/mol. The second-order valence-corrected chi connectivity index (χ2v) is 5.35. The standard InChI is InChI=1S/C8H14NO6P/c1-4(10)9-8-6(11)2-5(3-7(8)12)16(13,14)15/h2,6-8,11-12H,3H2,1H3,(H,9,10)(H2,13,14,15)/t6-,7+,8+/m0/s1. The molecule has 8 heteroatoms. The van der Waals surface area contributed by atoms with Crippen LogP contribution in [0.15, 0.2) is 11.4 Å². The Hall–Kier alpha value is -0.720. The largest absolute Gasteiger partial charge is 0.391 e. The molecule has 7 nitrogen and oxygen atoms in total. The molecule has 0 fully saturated rings. The van der Waals surface area contributed by atoms with Gasteiger partial charge in [0.2, 0.25) is 5.91 Å². The normalized spacial score (nSPS) is 30.8. The molecule has 0 saturated carbocycles. The fourth-order valence-corrected chi connectivity index (χ4v) is 2.34. The summed E-state index contributed by atoms with van der Waals surface area (Å²) in [5, 5.41) is 21.1. The van der Waals surface area contributed by atoms with Gasteiger partial charge in [0, 0.05) is 18.7 Å². The molecule has 0 spiro atoms. The van der Waals surface area contributed by atoms with E-state index in [4.69, 9.17) is 9.79 Å². The molecule has 3 atom stereocenters. The lowest BCUT2D eigenvalue weighted by Gasteiger charge is -2.31. The van der Waals surface area contributed by atoms with Gasteiger partial charge in [0.25, 0.3) is 0 Å². The first-order chi connectivity index (χ1) is 7.21. The van der Waals surface area contributed by atoms with Crippen molar-refractivity contribution in [3.05, 3.63) is 11.4 Å². The van der Waals surface area contributed by atoms with Gasteiger partial charge in [-0.25, -0.2) is 0 Å². The summed E-state index contributed by atoms with van der Waals surface area (Å²) in [5.74, 6) is -0.434. The number of hydrogen-bond donors (Lipinski definition) is 5. The van der Waals surface area contributed by atoms with Crippen LogP contribution in [0.5, 0.6) is 0 Å². The molecule has 0 saturated heterocycles. The summed E-state index contributed by atoms with van der Waals surface area (Å²) in [7, 11) is -4.45. The zero-order chi connectivity index (χ0) is 12.5. The minimum atomic E-state index is -4.45. The van der Waals surface area contributed by atoms with Crippen LogP contribution in [0.3, 0.4) is 0 Å². The Kier molecular flexibility index (Phi) is 3.88. The molecule has 0 heterocycles. The van der Waals surface area contributed by atoms with Crippen LogP contribution in [0.2, 0.25) is 0 Å². The second-order valence-electron chi connectivity index (χ2n) is 3.69. The maximum Gasteiger partial charge on any atom is 0.352 e. The second kappa shape index (κ2) is 4.65. The average Bonchev–Trinajstić information content (AvgIpc) is 2.09. The van der Waals surface area contributed by atoms with Crippen molar-refractivity contribution in [3.8, 4) is 0 Å². The number of aliphatic hydroxyl groups excluding tert-OH is 2. The number of hydrogen-bond acceptors (Lipinski definition) is 4. The first-order valence-corrected chi connectivity index (χ1v) is 6.23. The smallest absolute Gasteiger partial charge is 0.352 e. The topological polar surface area (TPSA) is 127 Å². The minimum absolute atomic E-state index is 0.272. The van der Waals surface area contributed by atoms with Gasteiger partial charge in [0.1, 0.15) is 0 Å². The predicted octanol–water partition coefficient (Wildman–Crippen LogP) is -1.32. The molecule has 1 aliphatic rings. The average molecular weight is 251 g/mol. The molecule has 16 heavy (non-hydrogen) atoms. The first kappa shape index (κ1) is 13.3. The highest BCUT2D eigenvalue weighted by Crippen LogP contribution is 2.49. The number of nitrogens with one attached hydrogen (secondary N) is 1. The molecule has 92 valence electrons. The zero-order valence-electron chi connectivity index (χ0n) is 8.57. The van der Waals surface area contributed by atoms with E-state index < -0.39 is 31.8 Å². The van der Waals surface area contributed by atoms with E-state index in [1.54, 1.807) is 0 Å². The van der Waals surface area contributed by atoms with Gasteiger partial charge >= 0.3 is 7.60 Å². The first-order valence-electron chi connectivity index (χ1n) is 4.62. The monoisotopic (exact) mass is 251 g/mol. The van der Waals surface area contributed by atoms with Crippen molar-refractivity contribution in [3.63, 3.8) is 0 Å². The molecule has 0 aromatic heterocycles. The molecule has 1 aliphatic carbocycles. The molecule has 0 bridgehead atoms. The molecular weight excluding hydrogens is 237 g/mol. The van der Waals surface area contributed by atoms with Crippen molar-refractivity contribution >= 4 is 13.5 Å². The summed E-state index contributed by atoms with van der Waals surface area (Å²) in [6.45, 7) is 1.22. The third-order valence-corrected chi connectivity index (χ3v) is 3.39. The van der Waals surface area contributed by atoms with E-state index in [-0.39, 0.29) is 11.7 Å². The van der Waals surface area contributed by atoms with Crippen molar-refractivity contribution in [2.75, 3.05) is 0 Å². The highest BCUT2D eigenvalue weighted by atomic mass is 31.2. The number of amides is 1. The van der Waals surface area contributed by atoms with Gasteiger partial charge in [0.15, 0.2) is 0 Å². The molecule has 0 radical (unpaired) electrons. The highest BCUT2D eigenvalue weighted by Gasteiger charge is 2.36. The Morgan fingerprint density at radius 2 is 2.06 bits per heavy atom. The van der Waals surface area contributed by atoms with Crippen LogP contribution >= 0.6 is 7.60 Å². The van der Waals surface area contributed by atoms with E-state index in [1.807, 2.05) is 0 Å². The maximum absolute atomic E-state index is 10.9. The summed E-state index contributed by atoms with van der Waals surface area (Å²) >= 11 is 0. The summed E-state index contributed by atoms with van der Waals surface area (Å²) in [5.41, 5.74) is 0. The lowest BCUT2D eigenvalue weighted by molar-refractivity contribution is -0.121. The number of aliphatic hydroxyl groups is 2. The van der Waals surface area contributed by atoms with Gasteiger partial charge in [-0.3, -0.25) is 9.36 Å². The molecule has 1 amide bonds. The van der Waals surface area contributed by atoms with E-state index >= 15 is 0 Å². The van der Waals surface area contributed by atoms with E-state index in [0.717, 1.165) is 6.08 Å². The zero-order valence-corrected chi connectivity index (χ0v) is 9.46. The molecule has 1 rings (SSSR count). The molecule has 0 unspecified atom stereocenters. The Bertz CT molecular complexity index is 362. The lowest BCUT2D eigenvalue weighted by Crippen LogP contribution is -2.51. The summed E-state index contributed by atoms with van der Waals surface area (Å²) in [4.78, 5) is 28.5. The van der Waals surface area contributed by atoms with E-state index in [9.17, 15) is 19.6 Å². The highest BCUT2D eigenvalue weighted by molar-refractivity contribution is 7.56. The Balaban J connectivity index is 2.88. The van der Waals surface area contributed by atoms with Crippen LogP contribution in [-0.2, 0) is 9.36 Å². The Labute approximate surface area is 91.9 Å². The number of carbonyl (C=O) groups excluding carboxylic acids is 1. The summed E-state index contributed by atoms with van der Waals surface area (Å²) in [6, 6.07) is -0.937. The van der Waals surface area contributed by atoms with Gasteiger partial charge in [-0.1, -0.05) is 0 Å². The van der Waals surface area contributed by atoms with Gasteiger partial charge in [0.05, 0.1) is 18.2 Å². The third-order valence-electron chi connectivity index (χ3n) is 2.31. The fourth-order valence-electron chi connectivity index (χ4n) is 1.57. The van der Waals surface area contributed by atoms with Crippen LogP contribution in [0.4, 0.5) is 0 Å². The van der Waals surface area contributed by atoms with Crippen molar-refractivity contribution in [2.24, 2.45) is 0 Å². The van der Waals surface area contributed by atoms with Gasteiger partial charge in [-0.2, -0.15) is 0 Å². The Morgan fingerprint density at radius 3 is 2.44 bits per heavy atom. The molecule has 0 aromatic rings. The molecule has 0 aliphatic heterocycles. The van der Waals surface area contributed by atoms with Gasteiger partial charge in [-0.15, -0.1) is 0 Å². The molecule has 0 aromatic carbocycles. The van der Waals surface area contributed by atoms with Crippen molar-refractivity contribution < 1.29 is 29.4 Å². The number of carbonyl (C=O) groups is 1. The van der Waals surface area contributed by atoms with Crippen LogP contribution in [0.25, 0.3) is 0 Å². The number of rotatable bonds is 2. The molecule has 5 N–H and O–H groups in total. The molecular formula is C8H14NO6P. The van der Waals surface area contributed by atoms with Gasteiger partial charge in [-0.05, 0) is 6.08 Å². The maximum atomic E-state index is 10.9. The van der Waals surface area contributed by atoms with E-state index in [1.165, 1.54) is 6.92 Å². The Morgan fingerprint density at radius 1 is 1.50 bits per heavy atom. The summed E-state index contributed by atoms with van der Waals surface area (Å²) < 4.78 is 10.9. The van der Waals surface area contributed by atoms with Crippen molar-refractivity contribution in [1.29, 1.82) is 0 Å². The van der Waals surface area contributed by atoms with Crippen molar-refractivity contribution in [2.45, 2.75) is 31.6 Å². The van der Waals surface area contributed by atoms with Crippen LogP contribution in [0, 0.1) is 0 Å². The van der Waals surface area contributed by atoms with E-state index in [0.29, 0.717) is 0 Å². The SMILES string of the molecule is CC(=O)N[C@H]1[C@H](O)CC(P(=O)(O)O)=C[C@@H]1O. The minimum Gasteiger partial charge on any atom is -0.391 e. The lowest BCUT2D eigenvalue weighted by atomic mass is 9.95. The van der Waals surface area contributed by atoms with Crippen LogP contribution in [0.1, 0.15) is 13.3 Å². The third kappa shape index (κ3) is 3.13. The van der Waals surface area contributed by atoms with Gasteiger partial charge < -0.3 is 25.3 Å². The van der Waals surface area contributed by atoms with Crippen molar-refractivity contribution in [1.82, 2.24) is 5.32 Å². The fraction of sp³-hybridized carbons (Fsp3) is 0.625. The van der Waals surface area contributed by atoms with Crippen LogP contribution in [-0.4, -0.2) is 44.2 Å². The summed E-state index contributed by atoms with van der Waals surface area (Å²) in [6.07, 6.45) is -1.82.